The van der Waals surface area contributed by atoms with Crippen LogP contribution in [0.15, 0.2) is 55.3 Å². The minimum Gasteiger partial charge on any atom is -0.495 e. The van der Waals surface area contributed by atoms with Crippen LogP contribution in [0.2, 0.25) is 10.0 Å². The Morgan fingerprint density at radius 3 is 2.50 bits per heavy atom. The number of anilines is 3. The average molecular weight is 608 g/mol. The number of allylic oxidation sites excluding steroid dienone is 1. The summed E-state index contributed by atoms with van der Waals surface area (Å²) in [6, 6.07) is 11.5. The highest BCUT2D eigenvalue weighted by atomic mass is 35.5. The van der Waals surface area contributed by atoms with Crippen molar-refractivity contribution in [3.05, 3.63) is 76.4 Å². The Morgan fingerprint density at radius 2 is 1.83 bits per heavy atom. The maximum atomic E-state index is 12.2. The van der Waals surface area contributed by atoms with E-state index in [2.05, 4.69) is 17.2 Å². The van der Waals surface area contributed by atoms with Crippen LogP contribution in [0.3, 0.4) is 0 Å². The molecule has 1 aliphatic heterocycles. The van der Waals surface area contributed by atoms with Crippen LogP contribution in [0.25, 0.3) is 22.0 Å². The van der Waals surface area contributed by atoms with E-state index >= 15 is 0 Å². The summed E-state index contributed by atoms with van der Waals surface area (Å²) in [5, 5.41) is 9.43. The van der Waals surface area contributed by atoms with Gasteiger partial charge in [0.15, 0.2) is 5.78 Å². The fourth-order valence-corrected chi connectivity index (χ4v) is 5.74. The summed E-state index contributed by atoms with van der Waals surface area (Å²) in [6.45, 7) is 6.95. The number of hydrogen-bond donors (Lipinski definition) is 2. The van der Waals surface area contributed by atoms with Gasteiger partial charge in [0.05, 0.1) is 30.0 Å². The van der Waals surface area contributed by atoms with Crippen LogP contribution in [-0.2, 0) is 16.0 Å². The van der Waals surface area contributed by atoms with Gasteiger partial charge in [-0.2, -0.15) is 0 Å². The number of aryl methyl sites for hydroxylation is 1. The normalized spacial score (nSPS) is 13.5. The van der Waals surface area contributed by atoms with E-state index < -0.39 is 0 Å². The highest BCUT2D eigenvalue weighted by Crippen LogP contribution is 2.46. The van der Waals surface area contributed by atoms with Crippen molar-refractivity contribution in [2.75, 3.05) is 38.1 Å². The van der Waals surface area contributed by atoms with Crippen LogP contribution in [-0.4, -0.2) is 49.2 Å². The van der Waals surface area contributed by atoms with Crippen molar-refractivity contribution in [2.45, 2.75) is 32.2 Å². The van der Waals surface area contributed by atoms with Gasteiger partial charge < -0.3 is 24.8 Å². The van der Waals surface area contributed by atoms with Crippen molar-refractivity contribution in [3.8, 4) is 22.8 Å². The molecular weight excluding hydrogens is 575 g/mol. The fraction of sp³-hybridized carbons (Fsp3) is 0.281. The molecule has 218 valence electrons. The highest BCUT2D eigenvalue weighted by Gasteiger charge is 2.23. The molecule has 3 heterocycles. The summed E-state index contributed by atoms with van der Waals surface area (Å²) in [7, 11) is 3.08. The van der Waals surface area contributed by atoms with Gasteiger partial charge in [-0.1, -0.05) is 48.0 Å². The molecule has 0 radical (unpaired) electrons. The van der Waals surface area contributed by atoms with Crippen LogP contribution < -0.4 is 20.1 Å². The van der Waals surface area contributed by atoms with Crippen LogP contribution in [0, 0.1) is 6.92 Å². The molecule has 1 saturated heterocycles. The van der Waals surface area contributed by atoms with E-state index in [1.54, 1.807) is 12.3 Å². The molecule has 10 heteroatoms. The summed E-state index contributed by atoms with van der Waals surface area (Å²) in [5.41, 5.74) is 3.76. The van der Waals surface area contributed by atoms with E-state index in [9.17, 15) is 4.79 Å². The smallest absolute Gasteiger partial charge is 0.159 e. The summed E-state index contributed by atoms with van der Waals surface area (Å²) in [6.07, 6.45) is 5.07. The fourth-order valence-electron chi connectivity index (χ4n) is 5.04. The topological polar surface area (TPSA) is 94.6 Å². The molecule has 0 unspecified atom stereocenters. The third-order valence-electron chi connectivity index (χ3n) is 7.31. The van der Waals surface area contributed by atoms with E-state index in [0.29, 0.717) is 57.7 Å². The summed E-state index contributed by atoms with van der Waals surface area (Å²) < 4.78 is 16.6. The summed E-state index contributed by atoms with van der Waals surface area (Å²) >= 11 is 13.5. The second-order valence-corrected chi connectivity index (χ2v) is 10.8. The third-order valence-corrected chi connectivity index (χ3v) is 8.06. The quantitative estimate of drug-likeness (QED) is 0.179. The van der Waals surface area contributed by atoms with Gasteiger partial charge in [0.25, 0.3) is 0 Å². The zero-order valence-corrected chi connectivity index (χ0v) is 25.2. The Labute approximate surface area is 255 Å². The monoisotopic (exact) mass is 606 g/mol. The molecule has 1 aliphatic rings. The van der Waals surface area contributed by atoms with E-state index in [-0.39, 0.29) is 18.2 Å². The zero-order chi connectivity index (χ0) is 29.8. The lowest BCUT2D eigenvalue weighted by atomic mass is 10.0. The van der Waals surface area contributed by atoms with Crippen LogP contribution in [0.4, 0.5) is 17.3 Å². The summed E-state index contributed by atoms with van der Waals surface area (Å²) in [5.74, 6) is 2.08. The Morgan fingerprint density at radius 1 is 1.12 bits per heavy atom. The number of carbonyl (C=O) groups excluding carboxylic acids is 1. The van der Waals surface area contributed by atoms with E-state index in [1.165, 1.54) is 20.3 Å². The van der Waals surface area contributed by atoms with Gasteiger partial charge in [-0.15, -0.1) is 0 Å². The van der Waals surface area contributed by atoms with Crippen LogP contribution >= 0.6 is 23.2 Å². The highest BCUT2D eigenvalue weighted by molar-refractivity contribution is 6.41. The van der Waals surface area contributed by atoms with Crippen molar-refractivity contribution < 1.29 is 19.0 Å². The van der Waals surface area contributed by atoms with E-state index in [4.69, 9.17) is 47.4 Å². The van der Waals surface area contributed by atoms with Gasteiger partial charge >= 0.3 is 0 Å². The SMILES string of the molecule is C=CC(=O)Cc1cccc(C)c1Nc1cc2c(NC3CCOCC3)nc(-c3c(Cl)c(OC)cc(OC)c3Cl)cc2cn1. The van der Waals surface area contributed by atoms with Crippen molar-refractivity contribution in [1.82, 2.24) is 9.97 Å². The molecular formula is C32H32Cl2N4O4. The van der Waals surface area contributed by atoms with Gasteiger partial charge in [0.2, 0.25) is 0 Å². The number of rotatable bonds is 10. The van der Waals surface area contributed by atoms with Crippen molar-refractivity contribution in [2.24, 2.45) is 0 Å². The average Bonchev–Trinajstić information content (AvgIpc) is 2.99. The third kappa shape index (κ3) is 6.16. The first-order chi connectivity index (χ1) is 20.3. The molecule has 0 bridgehead atoms. The molecule has 42 heavy (non-hydrogen) atoms. The maximum absolute atomic E-state index is 12.2. The van der Waals surface area contributed by atoms with Gasteiger partial charge in [-0.05, 0) is 49.1 Å². The molecule has 0 aliphatic carbocycles. The number of nitrogens with one attached hydrogen (secondary N) is 2. The molecule has 1 fully saturated rings. The standard InChI is InChI=1S/C32H32Cl2N4O4/c1-5-22(39)13-19-8-6-7-18(2)31(19)38-27-15-23-20(17-35-27)14-24(37-32(23)36-21-9-11-42-12-10-21)28-29(33)25(40-3)16-26(41-4)30(28)34/h5-8,14-17,21H,1,9-13H2,2-4H3,(H,35,38)(H,36,37). The molecule has 0 atom stereocenters. The molecule has 5 rings (SSSR count). The molecule has 0 spiro atoms. The lowest BCUT2D eigenvalue weighted by molar-refractivity contribution is -0.114. The van der Waals surface area contributed by atoms with Gasteiger partial charge in [-0.25, -0.2) is 9.97 Å². The van der Waals surface area contributed by atoms with Gasteiger partial charge in [-0.3, -0.25) is 4.79 Å². The minimum atomic E-state index is -0.0544. The van der Waals surface area contributed by atoms with Gasteiger partial charge in [0, 0.05) is 60.0 Å². The number of ether oxygens (including phenoxy) is 3. The van der Waals surface area contributed by atoms with Crippen molar-refractivity contribution >= 4 is 57.1 Å². The number of carbonyl (C=O) groups is 1. The van der Waals surface area contributed by atoms with E-state index in [0.717, 1.165) is 40.4 Å². The Balaban J connectivity index is 1.63. The number of pyridine rings is 2. The number of benzene rings is 2. The summed E-state index contributed by atoms with van der Waals surface area (Å²) in [4.78, 5) is 21.9. The predicted molar refractivity (Wildman–Crippen MR) is 169 cm³/mol. The lowest BCUT2D eigenvalue weighted by Gasteiger charge is -2.25. The molecule has 0 saturated carbocycles. The number of methoxy groups -OCH3 is 2. The zero-order valence-electron chi connectivity index (χ0n) is 23.7. The largest absolute Gasteiger partial charge is 0.495 e. The molecule has 8 nitrogen and oxygen atoms in total. The number of halogens is 2. The van der Waals surface area contributed by atoms with Crippen molar-refractivity contribution in [3.63, 3.8) is 0 Å². The van der Waals surface area contributed by atoms with Crippen molar-refractivity contribution in [1.29, 1.82) is 0 Å². The second kappa shape index (κ2) is 13.0. The predicted octanol–water partition coefficient (Wildman–Crippen LogP) is 7.56. The first-order valence-electron chi connectivity index (χ1n) is 13.6. The number of hydrogen-bond acceptors (Lipinski definition) is 8. The molecule has 2 aromatic heterocycles. The number of para-hydroxylation sites is 1. The molecule has 4 aromatic rings. The maximum Gasteiger partial charge on any atom is 0.159 e. The number of fused-ring (bicyclic) bond motifs is 1. The first-order valence-corrected chi connectivity index (χ1v) is 14.3. The van der Waals surface area contributed by atoms with E-state index in [1.807, 2.05) is 37.3 Å². The number of ketones is 1. The van der Waals surface area contributed by atoms with Gasteiger partial charge in [0.1, 0.15) is 23.1 Å². The molecule has 0 amide bonds. The van der Waals surface area contributed by atoms with Crippen LogP contribution in [0.1, 0.15) is 24.0 Å². The number of nitrogens with zero attached hydrogens (tertiary/aromatic N) is 2. The Kier molecular flexibility index (Phi) is 9.16. The minimum absolute atomic E-state index is 0.0544. The Bertz CT molecular complexity index is 1630. The second-order valence-electron chi connectivity index (χ2n) is 10.0. The number of aromatic nitrogens is 2. The first kappa shape index (κ1) is 29.6. The Hall–Kier alpha value is -3.85. The lowest BCUT2D eigenvalue weighted by Crippen LogP contribution is -2.28. The van der Waals surface area contributed by atoms with Crippen LogP contribution in [0.5, 0.6) is 11.5 Å². The molecule has 2 aromatic carbocycles. The molecule has 2 N–H and O–H groups in total.